The summed E-state index contributed by atoms with van der Waals surface area (Å²) in [5.74, 6) is -0.261. The van der Waals surface area contributed by atoms with Crippen LogP contribution in [-0.4, -0.2) is 5.91 Å². The maximum Gasteiger partial charge on any atom is 0.251 e. The topological polar surface area (TPSA) is 38.3 Å². The van der Waals surface area contributed by atoms with Crippen LogP contribution in [0.25, 0.3) is 0 Å². The predicted molar refractivity (Wildman–Crippen MR) is 88.4 cm³/mol. The molecule has 2 rings (SSSR count). The highest BCUT2D eigenvalue weighted by Crippen LogP contribution is 2.26. The standard InChI is InChI=1S/C18H20ClNO2/c1-13(2)17(15-8-10-16(19)11-9-15)18(21)20-22-12-14-6-4-3-5-7-14/h3-11,13,17H,12H2,1-2H3,(H,20,21)/t17-/m1/s1. The van der Waals surface area contributed by atoms with Crippen LogP contribution in [0.3, 0.4) is 0 Å². The molecule has 0 bridgehead atoms. The van der Waals surface area contributed by atoms with Crippen LogP contribution in [0.4, 0.5) is 0 Å². The van der Waals surface area contributed by atoms with Crippen molar-refractivity contribution in [1.82, 2.24) is 5.48 Å². The van der Waals surface area contributed by atoms with Crippen molar-refractivity contribution >= 4 is 17.5 Å². The van der Waals surface area contributed by atoms with Crippen molar-refractivity contribution in [2.75, 3.05) is 0 Å². The quantitative estimate of drug-likeness (QED) is 0.805. The third-order valence-electron chi connectivity index (χ3n) is 3.43. The van der Waals surface area contributed by atoms with Crippen LogP contribution in [0.1, 0.15) is 30.9 Å². The van der Waals surface area contributed by atoms with Crippen molar-refractivity contribution in [3.8, 4) is 0 Å². The highest BCUT2D eigenvalue weighted by atomic mass is 35.5. The zero-order chi connectivity index (χ0) is 15.9. The first-order chi connectivity index (χ1) is 10.6. The molecule has 0 aliphatic rings. The van der Waals surface area contributed by atoms with Crippen molar-refractivity contribution in [1.29, 1.82) is 0 Å². The van der Waals surface area contributed by atoms with Crippen LogP contribution >= 0.6 is 11.6 Å². The molecule has 2 aromatic carbocycles. The Morgan fingerprint density at radius 2 is 1.73 bits per heavy atom. The molecule has 0 spiro atoms. The van der Waals surface area contributed by atoms with E-state index in [0.717, 1.165) is 11.1 Å². The third kappa shape index (κ3) is 4.58. The van der Waals surface area contributed by atoms with E-state index >= 15 is 0 Å². The molecular weight excluding hydrogens is 298 g/mol. The van der Waals surface area contributed by atoms with Crippen LogP contribution in [0.5, 0.6) is 0 Å². The molecular formula is C18H20ClNO2. The predicted octanol–water partition coefficient (Wildman–Crippen LogP) is 4.33. The molecule has 1 amide bonds. The minimum atomic E-state index is -0.270. The average Bonchev–Trinajstić information content (AvgIpc) is 2.50. The second-order valence-electron chi connectivity index (χ2n) is 5.51. The van der Waals surface area contributed by atoms with E-state index < -0.39 is 0 Å². The van der Waals surface area contributed by atoms with Gasteiger partial charge in [0.1, 0.15) is 0 Å². The lowest BCUT2D eigenvalue weighted by Crippen LogP contribution is -2.32. The number of amides is 1. The first kappa shape index (κ1) is 16.5. The molecule has 0 unspecified atom stereocenters. The minimum Gasteiger partial charge on any atom is -0.272 e. The van der Waals surface area contributed by atoms with Gasteiger partial charge < -0.3 is 0 Å². The maximum atomic E-state index is 12.4. The fourth-order valence-corrected chi connectivity index (χ4v) is 2.46. The summed E-state index contributed by atoms with van der Waals surface area (Å²) in [7, 11) is 0. The molecule has 1 N–H and O–H groups in total. The molecule has 4 heteroatoms. The van der Waals surface area contributed by atoms with Crippen molar-refractivity contribution in [2.24, 2.45) is 5.92 Å². The lowest BCUT2D eigenvalue weighted by atomic mass is 9.88. The number of nitrogens with one attached hydrogen (secondary N) is 1. The van der Waals surface area contributed by atoms with E-state index in [-0.39, 0.29) is 17.7 Å². The molecule has 2 aromatic rings. The molecule has 0 aromatic heterocycles. The van der Waals surface area contributed by atoms with E-state index in [1.165, 1.54) is 0 Å². The summed E-state index contributed by atoms with van der Waals surface area (Å²) in [6, 6.07) is 17.1. The highest BCUT2D eigenvalue weighted by Gasteiger charge is 2.24. The second kappa shape index (κ2) is 7.97. The Hall–Kier alpha value is -1.84. The SMILES string of the molecule is CC(C)[C@@H](C(=O)NOCc1ccccc1)c1ccc(Cl)cc1. The van der Waals surface area contributed by atoms with E-state index in [1.807, 2.05) is 56.3 Å². The van der Waals surface area contributed by atoms with Crippen molar-refractivity contribution in [2.45, 2.75) is 26.4 Å². The van der Waals surface area contributed by atoms with Gasteiger partial charge in [0.25, 0.3) is 5.91 Å². The lowest BCUT2D eigenvalue weighted by molar-refractivity contribution is -0.137. The smallest absolute Gasteiger partial charge is 0.251 e. The summed E-state index contributed by atoms with van der Waals surface area (Å²) in [4.78, 5) is 17.7. The molecule has 0 aliphatic heterocycles. The normalized spacial score (nSPS) is 12.2. The number of benzene rings is 2. The molecule has 22 heavy (non-hydrogen) atoms. The Morgan fingerprint density at radius 1 is 1.09 bits per heavy atom. The summed E-state index contributed by atoms with van der Waals surface area (Å²) in [6.07, 6.45) is 0. The second-order valence-corrected chi connectivity index (χ2v) is 5.95. The number of hydroxylamine groups is 1. The number of carbonyl (C=O) groups is 1. The van der Waals surface area contributed by atoms with Crippen molar-refractivity contribution < 1.29 is 9.63 Å². The zero-order valence-corrected chi connectivity index (χ0v) is 13.5. The largest absolute Gasteiger partial charge is 0.272 e. The van der Waals surface area contributed by atoms with Crippen molar-refractivity contribution in [3.63, 3.8) is 0 Å². The number of hydrogen-bond acceptors (Lipinski definition) is 2. The van der Waals surface area contributed by atoms with E-state index in [9.17, 15) is 4.79 Å². The first-order valence-corrected chi connectivity index (χ1v) is 7.66. The average molecular weight is 318 g/mol. The summed E-state index contributed by atoms with van der Waals surface area (Å²) in [5, 5.41) is 0.659. The van der Waals surface area contributed by atoms with E-state index in [0.29, 0.717) is 11.6 Å². The van der Waals surface area contributed by atoms with Gasteiger partial charge in [0, 0.05) is 5.02 Å². The Balaban J connectivity index is 1.97. The van der Waals surface area contributed by atoms with Gasteiger partial charge in [-0.25, -0.2) is 5.48 Å². The fraction of sp³-hybridized carbons (Fsp3) is 0.278. The Morgan fingerprint density at radius 3 is 2.32 bits per heavy atom. The van der Waals surface area contributed by atoms with Gasteiger partial charge in [-0.05, 0) is 29.2 Å². The highest BCUT2D eigenvalue weighted by molar-refractivity contribution is 6.30. The number of halogens is 1. The van der Waals surface area contributed by atoms with Crippen LogP contribution in [0, 0.1) is 5.92 Å². The molecule has 1 atom stereocenters. The Bertz CT molecular complexity index is 596. The Kier molecular flexibility index (Phi) is 5.99. The van der Waals surface area contributed by atoms with Crippen LogP contribution in [0.2, 0.25) is 5.02 Å². The van der Waals surface area contributed by atoms with Crippen LogP contribution in [0.15, 0.2) is 54.6 Å². The van der Waals surface area contributed by atoms with Gasteiger partial charge in [0.2, 0.25) is 0 Å². The number of hydrogen-bond donors (Lipinski definition) is 1. The van der Waals surface area contributed by atoms with Crippen LogP contribution < -0.4 is 5.48 Å². The van der Waals surface area contributed by atoms with E-state index in [4.69, 9.17) is 16.4 Å². The van der Waals surface area contributed by atoms with E-state index in [1.54, 1.807) is 12.1 Å². The fourth-order valence-electron chi connectivity index (χ4n) is 2.34. The zero-order valence-electron chi connectivity index (χ0n) is 12.8. The van der Waals surface area contributed by atoms with Gasteiger partial charge >= 0.3 is 0 Å². The van der Waals surface area contributed by atoms with Gasteiger partial charge in [-0.15, -0.1) is 0 Å². The summed E-state index contributed by atoms with van der Waals surface area (Å²) in [6.45, 7) is 4.37. The molecule has 0 saturated heterocycles. The van der Waals surface area contributed by atoms with Gasteiger partial charge in [0.05, 0.1) is 12.5 Å². The summed E-state index contributed by atoms with van der Waals surface area (Å²) < 4.78 is 0. The molecule has 0 radical (unpaired) electrons. The van der Waals surface area contributed by atoms with Gasteiger partial charge in [-0.3, -0.25) is 9.63 Å². The maximum absolute atomic E-state index is 12.4. The molecule has 0 heterocycles. The lowest BCUT2D eigenvalue weighted by Gasteiger charge is -2.20. The monoisotopic (exact) mass is 317 g/mol. The van der Waals surface area contributed by atoms with E-state index in [2.05, 4.69) is 5.48 Å². The van der Waals surface area contributed by atoms with Crippen molar-refractivity contribution in [3.05, 3.63) is 70.7 Å². The van der Waals surface area contributed by atoms with Gasteiger partial charge in [0.15, 0.2) is 0 Å². The summed E-state index contributed by atoms with van der Waals surface area (Å²) >= 11 is 5.90. The molecule has 3 nitrogen and oxygen atoms in total. The minimum absolute atomic E-state index is 0.145. The molecule has 116 valence electrons. The summed E-state index contributed by atoms with van der Waals surface area (Å²) in [5.41, 5.74) is 4.49. The molecule has 0 saturated carbocycles. The number of rotatable bonds is 6. The third-order valence-corrected chi connectivity index (χ3v) is 3.68. The number of carbonyl (C=O) groups excluding carboxylic acids is 1. The first-order valence-electron chi connectivity index (χ1n) is 7.29. The molecule has 0 aliphatic carbocycles. The van der Waals surface area contributed by atoms with Gasteiger partial charge in [-0.2, -0.15) is 0 Å². The molecule has 0 fully saturated rings. The Labute approximate surface area is 136 Å². The van der Waals surface area contributed by atoms with Crippen LogP contribution in [-0.2, 0) is 16.2 Å². The van der Waals surface area contributed by atoms with Gasteiger partial charge in [-0.1, -0.05) is 67.9 Å².